The van der Waals surface area contributed by atoms with Gasteiger partial charge in [0, 0.05) is 0 Å². The average molecular weight is 174 g/mol. The molecule has 62 valence electrons. The Morgan fingerprint density at radius 1 is 1.00 bits per heavy atom. The Kier molecular flexibility index (Phi) is 2.39. The molecule has 0 saturated heterocycles. The lowest BCUT2D eigenvalue weighted by Crippen LogP contribution is -2.15. The van der Waals surface area contributed by atoms with Crippen molar-refractivity contribution >= 4 is 8.07 Å². The van der Waals surface area contributed by atoms with Crippen LogP contribution in [-0.2, 0) is 0 Å². The summed E-state index contributed by atoms with van der Waals surface area (Å²) in [5.41, 5.74) is 5.59. The van der Waals surface area contributed by atoms with Gasteiger partial charge in [-0.2, -0.15) is 0 Å². The second kappa shape index (κ2) is 3.16. The van der Waals surface area contributed by atoms with E-state index in [9.17, 15) is 0 Å². The quantitative estimate of drug-likeness (QED) is 0.425. The summed E-state index contributed by atoms with van der Waals surface area (Å²) in [5.74, 6) is 0. The van der Waals surface area contributed by atoms with Gasteiger partial charge in [0.25, 0.3) is 0 Å². The third-order valence-corrected chi connectivity index (χ3v) is 2.52. The fraction of sp³-hybridized carbons (Fsp3) is 0.273. The Hall–Kier alpha value is -1.00. The minimum Gasteiger partial charge on any atom is -0.135 e. The normalized spacial score (nSPS) is 10.8. The second-order valence-electron chi connectivity index (χ2n) is 3.97. The topological polar surface area (TPSA) is 0 Å². The fourth-order valence-electron chi connectivity index (χ4n) is 0.663. The monoisotopic (exact) mass is 174 g/mol. The number of rotatable bonds is 0. The van der Waals surface area contributed by atoms with Crippen LogP contribution in [0.1, 0.15) is 0 Å². The van der Waals surface area contributed by atoms with Gasteiger partial charge >= 0.3 is 0 Å². The highest BCUT2D eigenvalue weighted by atomic mass is 28.3. The smallest absolute Gasteiger partial charge is 0.128 e. The lowest BCUT2D eigenvalue weighted by molar-refractivity contribution is 1.55. The van der Waals surface area contributed by atoms with Crippen molar-refractivity contribution in [1.29, 1.82) is 0 Å². The largest absolute Gasteiger partial charge is 0.135 e. The summed E-state index contributed by atoms with van der Waals surface area (Å²) in [6.45, 7) is 6.44. The molecule has 0 saturated carbocycles. The zero-order valence-corrected chi connectivity index (χ0v) is 8.89. The predicted octanol–water partition coefficient (Wildman–Crippen LogP) is 3.16. The van der Waals surface area contributed by atoms with Gasteiger partial charge in [0.2, 0.25) is 0 Å². The number of hydrogen-bond acceptors (Lipinski definition) is 0. The molecular weight excluding hydrogens is 160 g/mol. The first kappa shape index (κ1) is 9.09. The molecule has 0 aliphatic heterocycles. The maximum absolute atomic E-state index is 5.12. The Morgan fingerprint density at radius 3 is 1.25 bits per heavy atom. The van der Waals surface area contributed by atoms with Crippen LogP contribution in [0.15, 0.2) is 24.3 Å². The summed E-state index contributed by atoms with van der Waals surface area (Å²) in [6, 6.07) is 8.48. The zero-order valence-electron chi connectivity index (χ0n) is 7.89. The number of hydrogen-bond donors (Lipinski definition) is 0. The van der Waals surface area contributed by atoms with Crippen molar-refractivity contribution in [1.82, 2.24) is 0 Å². The van der Waals surface area contributed by atoms with E-state index in [1.54, 1.807) is 0 Å². The molecule has 0 heterocycles. The lowest BCUT2D eigenvalue weighted by atomic mass is 9.95. The second-order valence-corrected chi connectivity index (χ2v) is 8.76. The van der Waals surface area contributed by atoms with Gasteiger partial charge < -0.3 is 0 Å². The maximum atomic E-state index is 5.12. The van der Waals surface area contributed by atoms with Gasteiger partial charge in [0.1, 0.15) is 8.07 Å². The molecule has 0 unspecified atom stereocenters. The molecule has 1 heteroatoms. The maximum Gasteiger partial charge on any atom is 0.128 e. The molecule has 2 aliphatic carbocycles. The number of fused-ring (bicyclic) bond motifs is 1. The van der Waals surface area contributed by atoms with Crippen LogP contribution in [-0.4, -0.2) is 8.07 Å². The van der Waals surface area contributed by atoms with E-state index in [0.717, 1.165) is 0 Å². The summed E-state index contributed by atoms with van der Waals surface area (Å²) in [7, 11) is -1.10. The van der Waals surface area contributed by atoms with Crippen molar-refractivity contribution in [2.75, 3.05) is 0 Å². The van der Waals surface area contributed by atoms with Crippen LogP contribution in [0.4, 0.5) is 0 Å². The zero-order chi connectivity index (χ0) is 9.19. The third-order valence-electron chi connectivity index (χ3n) is 1.65. The molecule has 12 heavy (non-hydrogen) atoms. The van der Waals surface area contributed by atoms with E-state index in [0.29, 0.717) is 0 Å². The summed E-state index contributed by atoms with van der Waals surface area (Å²) in [5, 5.41) is 0. The van der Waals surface area contributed by atoms with Gasteiger partial charge in [-0.25, -0.2) is 0 Å². The number of benzene rings is 1. The van der Waals surface area contributed by atoms with E-state index in [4.69, 9.17) is 6.42 Å². The molecule has 0 radical (unpaired) electrons. The van der Waals surface area contributed by atoms with Gasteiger partial charge in [0.15, 0.2) is 0 Å². The van der Waals surface area contributed by atoms with Gasteiger partial charge in [-0.1, -0.05) is 43.9 Å². The summed E-state index contributed by atoms with van der Waals surface area (Å²) in [4.78, 5) is 0. The van der Waals surface area contributed by atoms with E-state index in [1.165, 1.54) is 11.1 Å². The Bertz CT molecular complexity index is 274. The van der Waals surface area contributed by atoms with Crippen molar-refractivity contribution < 1.29 is 0 Å². The first-order valence-corrected chi connectivity index (χ1v) is 7.61. The SMILES string of the molecule is C#C[Si](C)(C)C.c1cc2ccc1-2. The molecule has 0 spiro atoms. The molecule has 2 rings (SSSR count). The van der Waals surface area contributed by atoms with E-state index < -0.39 is 8.07 Å². The highest BCUT2D eigenvalue weighted by Crippen LogP contribution is 2.29. The van der Waals surface area contributed by atoms with Crippen molar-refractivity contribution in [3.05, 3.63) is 24.3 Å². The summed E-state index contributed by atoms with van der Waals surface area (Å²) >= 11 is 0. The van der Waals surface area contributed by atoms with Crippen molar-refractivity contribution in [2.45, 2.75) is 19.6 Å². The molecule has 0 atom stereocenters. The summed E-state index contributed by atoms with van der Waals surface area (Å²) < 4.78 is 0. The third kappa shape index (κ3) is 2.25. The van der Waals surface area contributed by atoms with Crippen LogP contribution in [0.25, 0.3) is 11.1 Å². The van der Waals surface area contributed by atoms with Crippen LogP contribution in [0, 0.1) is 12.0 Å². The van der Waals surface area contributed by atoms with Gasteiger partial charge in [-0.3, -0.25) is 0 Å². The Labute approximate surface area is 75.6 Å². The Morgan fingerprint density at radius 2 is 1.25 bits per heavy atom. The fourth-order valence-corrected chi connectivity index (χ4v) is 0.663. The molecule has 0 aromatic carbocycles. The molecule has 0 aromatic rings. The molecular formula is C11H14Si. The average Bonchev–Trinajstić information content (AvgIpc) is 1.96. The first-order valence-electron chi connectivity index (χ1n) is 4.11. The van der Waals surface area contributed by atoms with E-state index >= 15 is 0 Å². The molecule has 0 bridgehead atoms. The molecule has 0 aromatic heterocycles. The first-order chi connectivity index (χ1) is 5.53. The minimum absolute atomic E-state index is 1.10. The van der Waals surface area contributed by atoms with E-state index in [1.807, 2.05) is 0 Å². The van der Waals surface area contributed by atoms with Crippen molar-refractivity contribution in [2.24, 2.45) is 0 Å². The van der Waals surface area contributed by atoms with Crippen LogP contribution in [0.5, 0.6) is 0 Å². The Balaban J connectivity index is 0.000000120. The minimum atomic E-state index is -1.10. The molecule has 0 N–H and O–H groups in total. The van der Waals surface area contributed by atoms with Gasteiger partial charge in [-0.05, 0) is 11.1 Å². The van der Waals surface area contributed by atoms with E-state index in [-0.39, 0.29) is 0 Å². The highest BCUT2D eigenvalue weighted by Gasteiger charge is 2.05. The van der Waals surface area contributed by atoms with Crippen molar-refractivity contribution in [3.63, 3.8) is 0 Å². The summed E-state index contributed by atoms with van der Waals surface area (Å²) in [6.07, 6.45) is 5.12. The van der Waals surface area contributed by atoms with E-state index in [2.05, 4.69) is 49.5 Å². The van der Waals surface area contributed by atoms with Crippen molar-refractivity contribution in [3.8, 4) is 23.1 Å². The van der Waals surface area contributed by atoms with Crippen LogP contribution in [0.2, 0.25) is 19.6 Å². The lowest BCUT2D eigenvalue weighted by Gasteiger charge is -2.10. The predicted molar refractivity (Wildman–Crippen MR) is 57.6 cm³/mol. The molecule has 0 nitrogen and oxygen atoms in total. The van der Waals surface area contributed by atoms with Gasteiger partial charge in [0.05, 0.1) is 0 Å². The van der Waals surface area contributed by atoms with Crippen LogP contribution >= 0.6 is 0 Å². The molecule has 0 fully saturated rings. The molecule has 2 aliphatic rings. The highest BCUT2D eigenvalue weighted by molar-refractivity contribution is 6.83. The molecule has 0 amide bonds. The standard InChI is InChI=1S/C6H4.C5H10Si/c1-2-6-4-3-5(1)6;1-5-6(2,3)4/h1-4H;1H,2-4H3. The number of terminal acetylenes is 1. The van der Waals surface area contributed by atoms with Gasteiger partial charge in [-0.15, -0.1) is 12.0 Å². The van der Waals surface area contributed by atoms with Crippen LogP contribution < -0.4 is 0 Å². The van der Waals surface area contributed by atoms with Crippen LogP contribution in [0.3, 0.4) is 0 Å².